The zero-order valence-electron chi connectivity index (χ0n) is 12.1. The van der Waals surface area contributed by atoms with Crippen molar-refractivity contribution in [3.63, 3.8) is 0 Å². The zero-order chi connectivity index (χ0) is 13.5. The van der Waals surface area contributed by atoms with Gasteiger partial charge in [-0.15, -0.1) is 24.0 Å². The van der Waals surface area contributed by atoms with Crippen LogP contribution >= 0.6 is 24.0 Å². The first-order chi connectivity index (χ1) is 9.25. The van der Waals surface area contributed by atoms with Gasteiger partial charge in [0.15, 0.2) is 5.96 Å². The van der Waals surface area contributed by atoms with E-state index in [-0.39, 0.29) is 24.0 Å². The summed E-state index contributed by atoms with van der Waals surface area (Å²) in [6.45, 7) is 1.72. The Morgan fingerprint density at radius 1 is 1.30 bits per heavy atom. The maximum atomic E-state index is 5.87. The summed E-state index contributed by atoms with van der Waals surface area (Å²) in [7, 11) is 2.19. The molecule has 1 aromatic rings. The Morgan fingerprint density at radius 2 is 1.95 bits per heavy atom. The van der Waals surface area contributed by atoms with Crippen LogP contribution in [-0.2, 0) is 0 Å². The molecule has 0 unspecified atom stereocenters. The second-order valence-corrected chi connectivity index (χ2v) is 5.18. The van der Waals surface area contributed by atoms with Crippen molar-refractivity contribution in [2.24, 2.45) is 10.7 Å². The molecule has 0 aromatic heterocycles. The number of benzene rings is 1. The van der Waals surface area contributed by atoms with Crippen LogP contribution < -0.4 is 11.1 Å². The number of para-hydroxylation sites is 1. The van der Waals surface area contributed by atoms with Gasteiger partial charge in [-0.2, -0.15) is 0 Å². The predicted octanol–water partition coefficient (Wildman–Crippen LogP) is 2.91. The van der Waals surface area contributed by atoms with Crippen LogP contribution in [0.2, 0.25) is 0 Å². The molecular formula is C15H25IN4. The number of halogens is 1. The number of nitrogens with zero attached hydrogens (tertiary/aromatic N) is 2. The lowest BCUT2D eigenvalue weighted by Crippen LogP contribution is -2.32. The fourth-order valence-corrected chi connectivity index (χ4v) is 2.56. The van der Waals surface area contributed by atoms with E-state index in [1.807, 2.05) is 30.3 Å². The number of nitrogens with one attached hydrogen (secondary N) is 1. The van der Waals surface area contributed by atoms with Gasteiger partial charge in [0, 0.05) is 18.3 Å². The first-order valence-electron chi connectivity index (χ1n) is 7.08. The predicted molar refractivity (Wildman–Crippen MR) is 96.9 cm³/mol. The first-order valence-corrected chi connectivity index (χ1v) is 7.08. The molecule has 20 heavy (non-hydrogen) atoms. The molecule has 1 aliphatic rings. The van der Waals surface area contributed by atoms with Crippen molar-refractivity contribution in [3.05, 3.63) is 30.3 Å². The summed E-state index contributed by atoms with van der Waals surface area (Å²) in [4.78, 5) is 6.78. The molecule has 3 N–H and O–H groups in total. The van der Waals surface area contributed by atoms with E-state index in [1.54, 1.807) is 0 Å². The Labute approximate surface area is 138 Å². The first kappa shape index (κ1) is 17.2. The number of nitrogens with two attached hydrogens (primary N) is 1. The fourth-order valence-electron chi connectivity index (χ4n) is 2.56. The van der Waals surface area contributed by atoms with Crippen LogP contribution in [0.5, 0.6) is 0 Å². The second-order valence-electron chi connectivity index (χ2n) is 5.18. The molecule has 0 amide bonds. The van der Waals surface area contributed by atoms with Gasteiger partial charge in [0.25, 0.3) is 0 Å². The summed E-state index contributed by atoms with van der Waals surface area (Å²) in [5.74, 6) is 0.492. The quantitative estimate of drug-likeness (QED) is 0.463. The number of likely N-dealkylation sites (N-methyl/N-ethyl adjacent to an activating group) is 1. The maximum Gasteiger partial charge on any atom is 0.193 e. The van der Waals surface area contributed by atoms with E-state index in [2.05, 4.69) is 22.3 Å². The van der Waals surface area contributed by atoms with E-state index in [0.29, 0.717) is 5.96 Å². The van der Waals surface area contributed by atoms with Crippen molar-refractivity contribution in [2.75, 3.05) is 25.5 Å². The van der Waals surface area contributed by atoms with Crippen LogP contribution in [0.15, 0.2) is 35.3 Å². The summed E-state index contributed by atoms with van der Waals surface area (Å²) >= 11 is 0. The molecule has 0 bridgehead atoms. The summed E-state index contributed by atoms with van der Waals surface area (Å²) < 4.78 is 0. The molecular weight excluding hydrogens is 363 g/mol. The van der Waals surface area contributed by atoms with Crippen LogP contribution in [0.1, 0.15) is 25.7 Å². The molecule has 5 heteroatoms. The monoisotopic (exact) mass is 388 g/mol. The average molecular weight is 388 g/mol. The maximum absolute atomic E-state index is 5.87. The normalized spacial score (nSPS) is 16.2. The van der Waals surface area contributed by atoms with Crippen LogP contribution in [-0.4, -0.2) is 37.0 Å². The molecule has 0 atom stereocenters. The van der Waals surface area contributed by atoms with Crippen molar-refractivity contribution in [3.8, 4) is 0 Å². The number of aliphatic imine (C=N–C) groups is 1. The highest BCUT2D eigenvalue weighted by molar-refractivity contribution is 14.0. The van der Waals surface area contributed by atoms with Crippen molar-refractivity contribution >= 4 is 35.6 Å². The van der Waals surface area contributed by atoms with E-state index in [0.717, 1.165) is 24.8 Å². The van der Waals surface area contributed by atoms with Crippen molar-refractivity contribution in [1.82, 2.24) is 4.90 Å². The Morgan fingerprint density at radius 3 is 2.60 bits per heavy atom. The van der Waals surface area contributed by atoms with Crippen LogP contribution in [0.4, 0.5) is 5.69 Å². The van der Waals surface area contributed by atoms with Crippen molar-refractivity contribution in [2.45, 2.75) is 31.7 Å². The highest BCUT2D eigenvalue weighted by atomic mass is 127. The lowest BCUT2D eigenvalue weighted by atomic mass is 10.2. The fraction of sp³-hybridized carbons (Fsp3) is 0.533. The third-order valence-electron chi connectivity index (χ3n) is 3.73. The third-order valence-corrected chi connectivity index (χ3v) is 3.73. The van der Waals surface area contributed by atoms with Gasteiger partial charge in [-0.3, -0.25) is 4.99 Å². The van der Waals surface area contributed by atoms with Gasteiger partial charge >= 0.3 is 0 Å². The molecule has 112 valence electrons. The van der Waals surface area contributed by atoms with Gasteiger partial charge in [0.05, 0.1) is 6.54 Å². The number of hydrogen-bond acceptors (Lipinski definition) is 2. The Balaban J connectivity index is 0.00000200. The van der Waals surface area contributed by atoms with Gasteiger partial charge in [0.2, 0.25) is 0 Å². The van der Waals surface area contributed by atoms with Crippen LogP contribution in [0, 0.1) is 0 Å². The van der Waals surface area contributed by atoms with E-state index < -0.39 is 0 Å². The van der Waals surface area contributed by atoms with Gasteiger partial charge in [-0.25, -0.2) is 0 Å². The molecule has 0 spiro atoms. The number of hydrogen-bond donors (Lipinski definition) is 2. The van der Waals surface area contributed by atoms with E-state index >= 15 is 0 Å². The van der Waals surface area contributed by atoms with Gasteiger partial charge in [-0.1, -0.05) is 31.0 Å². The van der Waals surface area contributed by atoms with Gasteiger partial charge in [0.1, 0.15) is 0 Å². The number of guanidine groups is 1. The Hall–Kier alpha value is -0.820. The molecule has 2 rings (SSSR count). The highest BCUT2D eigenvalue weighted by Crippen LogP contribution is 2.21. The van der Waals surface area contributed by atoms with E-state index in [1.165, 1.54) is 25.7 Å². The standard InChI is InChI=1S/C15H24N4.HI/c1-19(14-9-5-6-10-14)12-11-17-15(16)18-13-7-3-2-4-8-13;/h2-4,7-8,14H,5-6,9-12H2,1H3,(H3,16,17,18);1H. The number of rotatable bonds is 5. The number of anilines is 1. The molecule has 4 nitrogen and oxygen atoms in total. The summed E-state index contributed by atoms with van der Waals surface area (Å²) in [5, 5.41) is 3.09. The third kappa shape index (κ3) is 5.66. The largest absolute Gasteiger partial charge is 0.370 e. The topological polar surface area (TPSA) is 53.6 Å². The Kier molecular flexibility index (Phi) is 7.91. The highest BCUT2D eigenvalue weighted by Gasteiger charge is 2.18. The molecule has 1 aromatic carbocycles. The Bertz CT molecular complexity index is 402. The molecule has 0 saturated heterocycles. The van der Waals surface area contributed by atoms with E-state index in [4.69, 9.17) is 5.73 Å². The van der Waals surface area contributed by atoms with E-state index in [9.17, 15) is 0 Å². The summed E-state index contributed by atoms with van der Waals surface area (Å²) in [6.07, 6.45) is 5.40. The van der Waals surface area contributed by atoms with Crippen molar-refractivity contribution < 1.29 is 0 Å². The molecule has 0 aliphatic heterocycles. The summed E-state index contributed by atoms with van der Waals surface area (Å²) in [6, 6.07) is 10.6. The van der Waals surface area contributed by atoms with Crippen LogP contribution in [0.25, 0.3) is 0 Å². The molecule has 0 heterocycles. The minimum absolute atomic E-state index is 0. The zero-order valence-corrected chi connectivity index (χ0v) is 14.4. The smallest absolute Gasteiger partial charge is 0.193 e. The minimum Gasteiger partial charge on any atom is -0.370 e. The van der Waals surface area contributed by atoms with Gasteiger partial charge < -0.3 is 16.0 Å². The molecule has 1 saturated carbocycles. The minimum atomic E-state index is 0. The second kappa shape index (κ2) is 9.18. The summed E-state index contributed by atoms with van der Waals surface area (Å²) in [5.41, 5.74) is 6.85. The van der Waals surface area contributed by atoms with Crippen molar-refractivity contribution in [1.29, 1.82) is 0 Å². The molecule has 1 fully saturated rings. The molecule has 0 radical (unpaired) electrons. The lowest BCUT2D eigenvalue weighted by molar-refractivity contribution is 0.252. The molecule has 1 aliphatic carbocycles. The lowest BCUT2D eigenvalue weighted by Gasteiger charge is -2.22. The average Bonchev–Trinajstić information content (AvgIpc) is 2.93. The van der Waals surface area contributed by atoms with Gasteiger partial charge in [-0.05, 0) is 32.0 Å². The SMILES string of the molecule is CN(CCN=C(N)Nc1ccccc1)C1CCCC1.I. The van der Waals surface area contributed by atoms with Crippen LogP contribution in [0.3, 0.4) is 0 Å².